The van der Waals surface area contributed by atoms with Crippen LogP contribution >= 0.6 is 0 Å². The lowest BCUT2D eigenvalue weighted by Crippen LogP contribution is -1.96. The normalized spacial score (nSPS) is 9.41. The highest BCUT2D eigenvalue weighted by molar-refractivity contribution is 6.04. The Morgan fingerprint density at radius 1 is 0.500 bits per heavy atom. The maximum atomic E-state index is 2.43. The molecule has 0 amide bonds. The lowest BCUT2D eigenvalue weighted by molar-refractivity contribution is 1.15. The van der Waals surface area contributed by atoms with Gasteiger partial charge in [-0.2, -0.15) is 0 Å². The first-order chi connectivity index (χ1) is 16.7. The molecule has 0 N–H and O–H groups in total. The molecule has 0 saturated carbocycles. The molecule has 4 aromatic rings. The standard InChI is InChI=1S/C26H26.4C2H6/c1-5-19-15-17(3)26(24-14-10-9-13-23(19)24)25-16-20(6-2)22-12-8-7-11-21(22)18(25)4;4*1-2/h7-16H,5-6H2,1-4H3;4*1-2H3. The molecule has 0 bridgehead atoms. The Morgan fingerprint density at radius 3 is 1.35 bits per heavy atom. The first-order valence-corrected chi connectivity index (χ1v) is 13.7. The molecular weight excluding hydrogens is 408 g/mol. The van der Waals surface area contributed by atoms with E-state index in [-0.39, 0.29) is 0 Å². The SMILES string of the molecule is CC.CC.CC.CC.CCc1cc(-c2c(C)cc(CC)c3ccccc23)c(C)c2ccccc12. The van der Waals surface area contributed by atoms with Crippen molar-refractivity contribution < 1.29 is 0 Å². The maximum Gasteiger partial charge on any atom is -0.00729 e. The highest BCUT2D eigenvalue weighted by Gasteiger charge is 2.15. The second kappa shape index (κ2) is 16.9. The fourth-order valence-electron chi connectivity index (χ4n) is 4.40. The van der Waals surface area contributed by atoms with E-state index in [1.807, 2.05) is 55.4 Å². The first-order valence-electron chi connectivity index (χ1n) is 13.7. The van der Waals surface area contributed by atoms with Crippen molar-refractivity contribution in [1.82, 2.24) is 0 Å². The van der Waals surface area contributed by atoms with Gasteiger partial charge in [0.2, 0.25) is 0 Å². The molecule has 0 radical (unpaired) electrons. The molecule has 0 nitrogen and oxygen atoms in total. The number of benzene rings is 4. The van der Waals surface area contributed by atoms with Crippen molar-refractivity contribution in [3.63, 3.8) is 0 Å². The van der Waals surface area contributed by atoms with E-state index in [2.05, 4.69) is 88.4 Å². The van der Waals surface area contributed by atoms with Gasteiger partial charge in [-0.25, -0.2) is 0 Å². The monoisotopic (exact) mass is 458 g/mol. The highest BCUT2D eigenvalue weighted by atomic mass is 14.2. The molecule has 0 atom stereocenters. The summed E-state index contributed by atoms with van der Waals surface area (Å²) in [6, 6.07) is 22.5. The molecular formula is C34H50. The predicted molar refractivity (Wildman–Crippen MR) is 161 cm³/mol. The predicted octanol–water partition coefficient (Wildman–Crippen LogP) is 11.5. The molecule has 0 spiro atoms. The topological polar surface area (TPSA) is 0 Å². The van der Waals surface area contributed by atoms with Crippen molar-refractivity contribution in [2.45, 2.75) is 95.9 Å². The molecule has 34 heavy (non-hydrogen) atoms. The van der Waals surface area contributed by atoms with Crippen LogP contribution in [0.4, 0.5) is 0 Å². The minimum absolute atomic E-state index is 1.05. The molecule has 0 aromatic heterocycles. The van der Waals surface area contributed by atoms with Crippen molar-refractivity contribution in [2.24, 2.45) is 0 Å². The van der Waals surface area contributed by atoms with Crippen LogP contribution in [-0.4, -0.2) is 0 Å². The Kier molecular flexibility index (Phi) is 15.6. The summed E-state index contributed by atoms with van der Waals surface area (Å²) in [4.78, 5) is 0. The molecule has 0 unspecified atom stereocenters. The lowest BCUT2D eigenvalue weighted by atomic mass is 9.85. The van der Waals surface area contributed by atoms with Crippen LogP contribution in [0.5, 0.6) is 0 Å². The van der Waals surface area contributed by atoms with Crippen LogP contribution in [0.15, 0.2) is 60.7 Å². The molecule has 0 aliphatic carbocycles. The Balaban J connectivity index is 0.00000124. The first kappa shape index (κ1) is 31.4. The molecule has 0 aliphatic heterocycles. The summed E-state index contributed by atoms with van der Waals surface area (Å²) in [6.45, 7) is 25.0. The average Bonchev–Trinajstić information content (AvgIpc) is 2.93. The molecule has 4 rings (SSSR count). The zero-order chi connectivity index (χ0) is 26.3. The van der Waals surface area contributed by atoms with Crippen LogP contribution in [0.2, 0.25) is 0 Å². The van der Waals surface area contributed by atoms with Crippen molar-refractivity contribution in [1.29, 1.82) is 0 Å². The van der Waals surface area contributed by atoms with Crippen LogP contribution in [0, 0.1) is 13.8 Å². The van der Waals surface area contributed by atoms with Gasteiger partial charge < -0.3 is 0 Å². The van der Waals surface area contributed by atoms with E-state index in [9.17, 15) is 0 Å². The summed E-state index contributed by atoms with van der Waals surface area (Å²) < 4.78 is 0. The highest BCUT2D eigenvalue weighted by Crippen LogP contribution is 2.39. The maximum absolute atomic E-state index is 2.43. The largest absolute Gasteiger partial charge is 0.0683 e. The van der Waals surface area contributed by atoms with Gasteiger partial charge in [0.1, 0.15) is 0 Å². The minimum Gasteiger partial charge on any atom is -0.0683 e. The molecule has 0 saturated heterocycles. The third-order valence-corrected chi connectivity index (χ3v) is 5.76. The molecule has 0 heteroatoms. The van der Waals surface area contributed by atoms with Gasteiger partial charge in [0.25, 0.3) is 0 Å². The van der Waals surface area contributed by atoms with Crippen LogP contribution in [0.1, 0.15) is 91.5 Å². The van der Waals surface area contributed by atoms with Crippen molar-refractivity contribution in [2.75, 3.05) is 0 Å². The van der Waals surface area contributed by atoms with Crippen molar-refractivity contribution in [3.05, 3.63) is 82.9 Å². The second-order valence-corrected chi connectivity index (χ2v) is 7.23. The fraction of sp³-hybridized carbons (Fsp3) is 0.412. The van der Waals surface area contributed by atoms with E-state index in [4.69, 9.17) is 0 Å². The summed E-state index contributed by atoms with van der Waals surface area (Å²) in [5, 5.41) is 5.54. The van der Waals surface area contributed by atoms with E-state index in [0.29, 0.717) is 0 Å². The van der Waals surface area contributed by atoms with Gasteiger partial charge in [-0.05, 0) is 81.6 Å². The summed E-state index contributed by atoms with van der Waals surface area (Å²) in [6.07, 6.45) is 2.12. The van der Waals surface area contributed by atoms with Gasteiger partial charge in [0.05, 0.1) is 0 Å². The fourth-order valence-corrected chi connectivity index (χ4v) is 4.40. The van der Waals surface area contributed by atoms with E-state index in [1.165, 1.54) is 54.9 Å². The molecule has 186 valence electrons. The Bertz CT molecular complexity index is 1120. The van der Waals surface area contributed by atoms with Gasteiger partial charge in [0, 0.05) is 0 Å². The minimum atomic E-state index is 1.05. The smallest absolute Gasteiger partial charge is 0.00729 e. The number of fused-ring (bicyclic) bond motifs is 2. The van der Waals surface area contributed by atoms with E-state index < -0.39 is 0 Å². The van der Waals surface area contributed by atoms with Crippen molar-refractivity contribution in [3.8, 4) is 11.1 Å². The van der Waals surface area contributed by atoms with Gasteiger partial charge in [-0.3, -0.25) is 0 Å². The molecule has 4 aromatic carbocycles. The summed E-state index contributed by atoms with van der Waals surface area (Å²) in [5.41, 5.74) is 8.42. The number of rotatable bonds is 3. The molecule has 0 heterocycles. The Morgan fingerprint density at radius 2 is 0.882 bits per heavy atom. The van der Waals surface area contributed by atoms with E-state index in [1.54, 1.807) is 0 Å². The number of hydrogen-bond donors (Lipinski definition) is 0. The number of aryl methyl sites for hydroxylation is 4. The second-order valence-electron chi connectivity index (χ2n) is 7.23. The molecule has 0 fully saturated rings. The third-order valence-electron chi connectivity index (χ3n) is 5.76. The van der Waals surface area contributed by atoms with Crippen LogP contribution in [-0.2, 0) is 12.8 Å². The summed E-state index contributed by atoms with van der Waals surface area (Å²) in [7, 11) is 0. The zero-order valence-corrected chi connectivity index (χ0v) is 24.2. The van der Waals surface area contributed by atoms with Crippen LogP contribution in [0.25, 0.3) is 32.7 Å². The summed E-state index contributed by atoms with van der Waals surface area (Å²) in [5.74, 6) is 0. The zero-order valence-electron chi connectivity index (χ0n) is 24.2. The third kappa shape index (κ3) is 6.72. The Hall–Kier alpha value is -2.60. The van der Waals surface area contributed by atoms with Gasteiger partial charge in [-0.15, -0.1) is 0 Å². The van der Waals surface area contributed by atoms with Crippen LogP contribution < -0.4 is 0 Å². The van der Waals surface area contributed by atoms with E-state index >= 15 is 0 Å². The van der Waals surface area contributed by atoms with Crippen LogP contribution in [0.3, 0.4) is 0 Å². The van der Waals surface area contributed by atoms with Gasteiger partial charge in [0.15, 0.2) is 0 Å². The quantitative estimate of drug-likeness (QED) is 0.286. The van der Waals surface area contributed by atoms with E-state index in [0.717, 1.165) is 12.8 Å². The van der Waals surface area contributed by atoms with Crippen molar-refractivity contribution >= 4 is 21.5 Å². The number of hydrogen-bond acceptors (Lipinski definition) is 0. The average molecular weight is 459 g/mol. The Labute approximate surface area is 211 Å². The lowest BCUT2D eigenvalue weighted by Gasteiger charge is -2.19. The van der Waals surface area contributed by atoms with Gasteiger partial charge >= 0.3 is 0 Å². The van der Waals surface area contributed by atoms with Gasteiger partial charge in [-0.1, -0.05) is 130 Å². The summed E-state index contributed by atoms with van der Waals surface area (Å²) >= 11 is 0. The molecule has 0 aliphatic rings.